The van der Waals surface area contributed by atoms with Gasteiger partial charge in [-0.05, 0) is 47.2 Å². The van der Waals surface area contributed by atoms with Crippen molar-refractivity contribution in [1.29, 1.82) is 0 Å². The van der Waals surface area contributed by atoms with E-state index in [1.165, 1.54) is 12.8 Å². The molecule has 1 aliphatic carbocycles. The maximum absolute atomic E-state index is 11.3. The number of halogens is 1. The topological polar surface area (TPSA) is 53.4 Å². The summed E-state index contributed by atoms with van der Waals surface area (Å²) in [5.74, 6) is 0.388. The second-order valence-electron chi connectivity index (χ2n) is 4.72. The molecule has 5 heteroatoms. The fraction of sp³-hybridized carbons (Fsp3) is 0.538. The van der Waals surface area contributed by atoms with Crippen LogP contribution in [0.5, 0.6) is 0 Å². The average molecular weight is 313 g/mol. The molecule has 1 N–H and O–H groups in total. The highest BCUT2D eigenvalue weighted by Gasteiger charge is 2.26. The number of anilines is 1. The smallest absolute Gasteiger partial charge is 0.339 e. The number of rotatable bonds is 6. The Hall–Kier alpha value is -1.10. The molecule has 2 rings (SSSR count). The first-order valence-corrected chi connectivity index (χ1v) is 7.05. The van der Waals surface area contributed by atoms with Gasteiger partial charge < -0.3 is 10.0 Å². The summed E-state index contributed by atoms with van der Waals surface area (Å²) in [5, 5.41) is 9.27. The summed E-state index contributed by atoms with van der Waals surface area (Å²) in [4.78, 5) is 17.7. The Morgan fingerprint density at radius 2 is 2.33 bits per heavy atom. The molecule has 0 amide bonds. The van der Waals surface area contributed by atoms with Crippen molar-refractivity contribution in [3.05, 3.63) is 22.3 Å². The second-order valence-corrected chi connectivity index (χ2v) is 5.63. The quantitative estimate of drug-likeness (QED) is 0.876. The van der Waals surface area contributed by atoms with Gasteiger partial charge in [-0.15, -0.1) is 0 Å². The zero-order valence-corrected chi connectivity index (χ0v) is 12.0. The molecule has 18 heavy (non-hydrogen) atoms. The van der Waals surface area contributed by atoms with Crippen LogP contribution in [0.25, 0.3) is 0 Å². The molecule has 98 valence electrons. The number of aromatic nitrogens is 1. The molecule has 0 unspecified atom stereocenters. The van der Waals surface area contributed by atoms with Crippen molar-refractivity contribution in [3.63, 3.8) is 0 Å². The van der Waals surface area contributed by atoms with E-state index in [2.05, 4.69) is 32.7 Å². The van der Waals surface area contributed by atoms with Crippen molar-refractivity contribution in [2.24, 2.45) is 5.92 Å². The van der Waals surface area contributed by atoms with E-state index in [1.807, 2.05) is 0 Å². The van der Waals surface area contributed by atoms with E-state index >= 15 is 0 Å². The van der Waals surface area contributed by atoms with Crippen LogP contribution in [-0.2, 0) is 0 Å². The van der Waals surface area contributed by atoms with Gasteiger partial charge in [0.15, 0.2) is 0 Å². The minimum atomic E-state index is -0.921. The molecule has 0 spiro atoms. The van der Waals surface area contributed by atoms with Gasteiger partial charge in [0.2, 0.25) is 0 Å². The van der Waals surface area contributed by atoms with Crippen molar-refractivity contribution in [3.8, 4) is 0 Å². The Balaban J connectivity index is 2.29. The normalized spacial score (nSPS) is 14.6. The fourth-order valence-electron chi connectivity index (χ4n) is 2.01. The number of hydrogen-bond acceptors (Lipinski definition) is 3. The molecule has 1 aromatic heterocycles. The van der Waals surface area contributed by atoms with Gasteiger partial charge >= 0.3 is 5.97 Å². The fourth-order valence-corrected chi connectivity index (χ4v) is 2.34. The van der Waals surface area contributed by atoms with Gasteiger partial charge in [-0.1, -0.05) is 6.92 Å². The van der Waals surface area contributed by atoms with E-state index in [0.717, 1.165) is 19.5 Å². The number of carboxylic acid groups (broad SMARTS) is 1. The first kappa shape index (κ1) is 13.3. The zero-order chi connectivity index (χ0) is 13.1. The number of nitrogens with zero attached hydrogens (tertiary/aromatic N) is 2. The first-order valence-electron chi connectivity index (χ1n) is 6.25. The molecule has 1 heterocycles. The third kappa shape index (κ3) is 3.22. The minimum Gasteiger partial charge on any atom is -0.478 e. The number of hydrogen-bond donors (Lipinski definition) is 1. The molecule has 0 aromatic carbocycles. The zero-order valence-electron chi connectivity index (χ0n) is 10.4. The summed E-state index contributed by atoms with van der Waals surface area (Å²) in [6.45, 7) is 3.87. The van der Waals surface area contributed by atoms with Crippen LogP contribution in [-0.4, -0.2) is 29.1 Å². The molecule has 0 bridgehead atoms. The van der Waals surface area contributed by atoms with Crippen molar-refractivity contribution in [1.82, 2.24) is 4.98 Å². The molecule has 1 fully saturated rings. The highest BCUT2D eigenvalue weighted by atomic mass is 79.9. The molecule has 1 aliphatic rings. The van der Waals surface area contributed by atoms with Crippen molar-refractivity contribution < 1.29 is 9.90 Å². The summed E-state index contributed by atoms with van der Waals surface area (Å²) in [6, 6.07) is 1.63. The molecule has 0 radical (unpaired) electrons. The number of carbonyl (C=O) groups is 1. The van der Waals surface area contributed by atoms with E-state index in [0.29, 0.717) is 16.2 Å². The molecular weight excluding hydrogens is 296 g/mol. The molecule has 0 atom stereocenters. The average Bonchev–Trinajstić information content (AvgIpc) is 3.12. The summed E-state index contributed by atoms with van der Waals surface area (Å²) in [7, 11) is 0. The van der Waals surface area contributed by atoms with Crippen molar-refractivity contribution in [2.45, 2.75) is 26.2 Å². The first-order chi connectivity index (χ1) is 8.61. The van der Waals surface area contributed by atoms with E-state index in [-0.39, 0.29) is 5.56 Å². The van der Waals surface area contributed by atoms with Crippen LogP contribution in [0.15, 0.2) is 16.7 Å². The van der Waals surface area contributed by atoms with Crippen LogP contribution in [0.2, 0.25) is 0 Å². The van der Waals surface area contributed by atoms with E-state index in [9.17, 15) is 9.90 Å². The lowest BCUT2D eigenvalue weighted by Crippen LogP contribution is -2.29. The minimum absolute atomic E-state index is 0.276. The summed E-state index contributed by atoms with van der Waals surface area (Å²) in [6.07, 6.45) is 5.15. The monoisotopic (exact) mass is 312 g/mol. The lowest BCUT2D eigenvalue weighted by Gasteiger charge is -2.24. The summed E-state index contributed by atoms with van der Waals surface area (Å²) >= 11 is 3.27. The van der Waals surface area contributed by atoms with E-state index in [4.69, 9.17) is 0 Å². The van der Waals surface area contributed by atoms with E-state index < -0.39 is 5.97 Å². The van der Waals surface area contributed by atoms with Crippen LogP contribution >= 0.6 is 15.9 Å². The number of pyridine rings is 1. The Bertz CT molecular complexity index is 447. The summed E-state index contributed by atoms with van der Waals surface area (Å²) < 4.78 is 0.700. The van der Waals surface area contributed by atoms with Gasteiger partial charge in [0.05, 0.1) is 0 Å². The Morgan fingerprint density at radius 3 is 2.89 bits per heavy atom. The van der Waals surface area contributed by atoms with Gasteiger partial charge in [0.1, 0.15) is 11.4 Å². The number of aromatic carboxylic acids is 1. The van der Waals surface area contributed by atoms with Crippen LogP contribution in [0.4, 0.5) is 5.82 Å². The molecule has 1 aromatic rings. The third-order valence-electron chi connectivity index (χ3n) is 3.03. The van der Waals surface area contributed by atoms with Gasteiger partial charge in [-0.25, -0.2) is 9.78 Å². The van der Waals surface area contributed by atoms with Crippen LogP contribution in [0, 0.1) is 5.92 Å². The molecule has 1 saturated carbocycles. The molecule has 0 aliphatic heterocycles. The molecule has 4 nitrogen and oxygen atoms in total. The highest BCUT2D eigenvalue weighted by Crippen LogP contribution is 2.32. The van der Waals surface area contributed by atoms with Gasteiger partial charge in [0.25, 0.3) is 0 Å². The predicted octanol–water partition coefficient (Wildman–Crippen LogP) is 3.17. The van der Waals surface area contributed by atoms with E-state index in [1.54, 1.807) is 12.3 Å². The Kier molecular flexibility index (Phi) is 4.22. The maximum Gasteiger partial charge on any atom is 0.339 e. The van der Waals surface area contributed by atoms with Crippen molar-refractivity contribution >= 4 is 27.7 Å². The van der Waals surface area contributed by atoms with Crippen LogP contribution < -0.4 is 4.90 Å². The summed E-state index contributed by atoms with van der Waals surface area (Å²) in [5.41, 5.74) is 0.276. The Labute approximate surface area is 115 Å². The third-order valence-corrected chi connectivity index (χ3v) is 3.47. The van der Waals surface area contributed by atoms with Crippen LogP contribution in [0.1, 0.15) is 36.5 Å². The maximum atomic E-state index is 11.3. The predicted molar refractivity (Wildman–Crippen MR) is 74.1 cm³/mol. The van der Waals surface area contributed by atoms with Crippen molar-refractivity contribution in [2.75, 3.05) is 18.0 Å². The lowest BCUT2D eigenvalue weighted by atomic mass is 10.2. The van der Waals surface area contributed by atoms with Gasteiger partial charge in [-0.3, -0.25) is 0 Å². The highest BCUT2D eigenvalue weighted by molar-refractivity contribution is 9.10. The largest absolute Gasteiger partial charge is 0.478 e. The molecule has 0 saturated heterocycles. The molecular formula is C13H17BrN2O2. The number of carboxylic acids is 1. The Morgan fingerprint density at radius 1 is 1.61 bits per heavy atom. The lowest BCUT2D eigenvalue weighted by molar-refractivity contribution is 0.0697. The standard InChI is InChI=1S/C13H17BrN2O2/c1-2-5-16(8-9-3-4-9)12-11(13(17)18)6-10(14)7-15-12/h6-7,9H,2-5,8H2,1H3,(H,17,18). The van der Waals surface area contributed by atoms with Crippen LogP contribution in [0.3, 0.4) is 0 Å². The van der Waals surface area contributed by atoms with Gasteiger partial charge in [-0.2, -0.15) is 0 Å². The SMILES string of the molecule is CCCN(CC1CC1)c1ncc(Br)cc1C(=O)O. The second kappa shape index (κ2) is 5.69. The van der Waals surface area contributed by atoms with Gasteiger partial charge in [0, 0.05) is 23.8 Å².